The number of aromatic nitrogens is 2. The predicted octanol–water partition coefficient (Wildman–Crippen LogP) is 3.08. The number of pyridine rings is 1. The van der Waals surface area contributed by atoms with Crippen LogP contribution in [0, 0.1) is 0 Å². The minimum atomic E-state index is 1.05. The Morgan fingerprint density at radius 3 is 2.44 bits per heavy atom. The van der Waals surface area contributed by atoms with Gasteiger partial charge >= 0.3 is 0 Å². The smallest absolute Gasteiger partial charge is 0.136 e. The van der Waals surface area contributed by atoms with Gasteiger partial charge in [0.15, 0.2) is 0 Å². The van der Waals surface area contributed by atoms with E-state index in [4.69, 9.17) is 0 Å². The third-order valence-corrected chi connectivity index (χ3v) is 5.11. The van der Waals surface area contributed by atoms with Crippen LogP contribution in [-0.2, 0) is 13.0 Å². The van der Waals surface area contributed by atoms with E-state index in [9.17, 15) is 0 Å². The van der Waals surface area contributed by atoms with Crippen LogP contribution < -0.4 is 0 Å². The Bertz CT molecular complexity index is 788. The molecule has 4 heteroatoms. The Labute approximate surface area is 149 Å². The first-order valence-corrected chi connectivity index (χ1v) is 9.28. The van der Waals surface area contributed by atoms with Gasteiger partial charge in [0.25, 0.3) is 0 Å². The molecule has 0 atom stereocenters. The summed E-state index contributed by atoms with van der Waals surface area (Å²) >= 11 is 0. The number of aryl methyl sites for hydroxylation is 1. The largest absolute Gasteiger partial charge is 0.304 e. The molecular weight excluding hydrogens is 308 g/mol. The number of rotatable bonds is 6. The van der Waals surface area contributed by atoms with Crippen LogP contribution in [0.4, 0.5) is 0 Å². The van der Waals surface area contributed by atoms with Gasteiger partial charge in [0.1, 0.15) is 5.65 Å². The maximum Gasteiger partial charge on any atom is 0.136 e. The van der Waals surface area contributed by atoms with Gasteiger partial charge < -0.3 is 9.30 Å². The molecule has 1 saturated heterocycles. The van der Waals surface area contributed by atoms with Crippen LogP contribution in [0.1, 0.15) is 17.7 Å². The predicted molar refractivity (Wildman–Crippen MR) is 102 cm³/mol. The highest BCUT2D eigenvalue weighted by Crippen LogP contribution is 2.11. The van der Waals surface area contributed by atoms with Crippen molar-refractivity contribution in [1.29, 1.82) is 0 Å². The van der Waals surface area contributed by atoms with Crippen molar-refractivity contribution in [3.8, 4) is 0 Å². The Balaban J connectivity index is 1.21. The Kier molecular flexibility index (Phi) is 5.09. The van der Waals surface area contributed by atoms with Crippen LogP contribution in [-0.4, -0.2) is 51.9 Å². The number of piperazine rings is 1. The van der Waals surface area contributed by atoms with Crippen molar-refractivity contribution in [3.05, 3.63) is 72.2 Å². The minimum absolute atomic E-state index is 1.05. The Morgan fingerprint density at radius 2 is 1.60 bits per heavy atom. The van der Waals surface area contributed by atoms with Gasteiger partial charge in [-0.3, -0.25) is 4.90 Å². The molecule has 1 aromatic carbocycles. The molecule has 0 bridgehead atoms. The zero-order valence-electron chi connectivity index (χ0n) is 14.7. The van der Waals surface area contributed by atoms with E-state index in [1.165, 1.54) is 50.4 Å². The molecular formula is C21H26N4. The topological polar surface area (TPSA) is 23.8 Å². The second-order valence-corrected chi connectivity index (χ2v) is 6.89. The van der Waals surface area contributed by atoms with Gasteiger partial charge in [-0.1, -0.05) is 36.4 Å². The highest BCUT2D eigenvalue weighted by atomic mass is 15.3. The summed E-state index contributed by atoms with van der Waals surface area (Å²) in [4.78, 5) is 9.64. The van der Waals surface area contributed by atoms with Gasteiger partial charge in [-0.2, -0.15) is 0 Å². The fourth-order valence-electron chi connectivity index (χ4n) is 3.67. The lowest BCUT2D eigenvalue weighted by molar-refractivity contribution is 0.126. The number of hydrogen-bond donors (Lipinski definition) is 0. The van der Waals surface area contributed by atoms with Crippen molar-refractivity contribution < 1.29 is 0 Å². The van der Waals surface area contributed by atoms with Gasteiger partial charge in [0.05, 0.1) is 0 Å². The molecule has 0 saturated carbocycles. The Hall–Kier alpha value is -2.17. The van der Waals surface area contributed by atoms with E-state index in [-0.39, 0.29) is 0 Å². The van der Waals surface area contributed by atoms with E-state index >= 15 is 0 Å². The lowest BCUT2D eigenvalue weighted by Crippen LogP contribution is -2.46. The number of nitrogens with zero attached hydrogens (tertiary/aromatic N) is 4. The van der Waals surface area contributed by atoms with Crippen molar-refractivity contribution in [2.75, 3.05) is 32.7 Å². The maximum atomic E-state index is 4.48. The number of hydrogen-bond acceptors (Lipinski definition) is 3. The van der Waals surface area contributed by atoms with E-state index in [1.54, 1.807) is 0 Å². The standard InChI is InChI=1S/C21H26N4/c1-2-7-19(8-3-1)18-24-15-13-23(14-16-24)11-6-9-20-17-22-21-10-4-5-12-25(20)21/h1-5,7-8,10,12,17H,6,9,11,13-16,18H2. The highest BCUT2D eigenvalue weighted by Gasteiger charge is 2.16. The average molecular weight is 334 g/mol. The summed E-state index contributed by atoms with van der Waals surface area (Å²) in [5.74, 6) is 0. The molecule has 0 unspecified atom stereocenters. The lowest BCUT2D eigenvalue weighted by atomic mass is 10.2. The monoisotopic (exact) mass is 334 g/mol. The van der Waals surface area contributed by atoms with Gasteiger partial charge in [0, 0.05) is 50.8 Å². The molecule has 3 heterocycles. The second kappa shape index (κ2) is 7.81. The van der Waals surface area contributed by atoms with Gasteiger partial charge in [0.2, 0.25) is 0 Å². The van der Waals surface area contributed by atoms with E-state index < -0.39 is 0 Å². The first kappa shape index (κ1) is 16.3. The molecule has 0 spiro atoms. The second-order valence-electron chi connectivity index (χ2n) is 6.89. The fourth-order valence-corrected chi connectivity index (χ4v) is 3.67. The average Bonchev–Trinajstić information content (AvgIpc) is 3.07. The third kappa shape index (κ3) is 4.09. The SMILES string of the molecule is c1ccc(CN2CCN(CCCc3cnc4ccccn34)CC2)cc1. The summed E-state index contributed by atoms with van der Waals surface area (Å²) in [6, 6.07) is 17.0. The normalized spacial score (nSPS) is 16.5. The van der Waals surface area contributed by atoms with Gasteiger partial charge in [-0.15, -0.1) is 0 Å². The summed E-state index contributed by atoms with van der Waals surface area (Å²) in [6.45, 7) is 6.96. The third-order valence-electron chi connectivity index (χ3n) is 5.11. The van der Waals surface area contributed by atoms with Crippen molar-refractivity contribution in [3.63, 3.8) is 0 Å². The van der Waals surface area contributed by atoms with Crippen LogP contribution in [0.2, 0.25) is 0 Å². The summed E-state index contributed by atoms with van der Waals surface area (Å²) < 4.78 is 2.21. The maximum absolute atomic E-state index is 4.48. The van der Waals surface area contributed by atoms with E-state index in [1.807, 2.05) is 12.3 Å². The molecule has 1 aliphatic rings. The molecule has 1 fully saturated rings. The molecule has 130 valence electrons. The minimum Gasteiger partial charge on any atom is -0.304 e. The molecule has 4 rings (SSSR count). The summed E-state index contributed by atoms with van der Waals surface area (Å²) in [7, 11) is 0. The first-order chi connectivity index (χ1) is 12.4. The van der Waals surface area contributed by atoms with Crippen molar-refractivity contribution in [2.24, 2.45) is 0 Å². The molecule has 0 amide bonds. The number of imidazole rings is 1. The molecule has 3 aromatic rings. The molecule has 0 aliphatic carbocycles. The first-order valence-electron chi connectivity index (χ1n) is 9.28. The van der Waals surface area contributed by atoms with Crippen LogP contribution >= 0.6 is 0 Å². The van der Waals surface area contributed by atoms with Crippen LogP contribution in [0.15, 0.2) is 60.9 Å². The summed E-state index contributed by atoms with van der Waals surface area (Å²) in [6.07, 6.45) is 6.42. The van der Waals surface area contributed by atoms with Crippen molar-refractivity contribution >= 4 is 5.65 Å². The van der Waals surface area contributed by atoms with Crippen LogP contribution in [0.25, 0.3) is 5.65 Å². The lowest BCUT2D eigenvalue weighted by Gasteiger charge is -2.34. The molecule has 4 nitrogen and oxygen atoms in total. The fraction of sp³-hybridized carbons (Fsp3) is 0.381. The zero-order valence-corrected chi connectivity index (χ0v) is 14.7. The molecule has 0 N–H and O–H groups in total. The zero-order chi connectivity index (χ0) is 16.9. The highest BCUT2D eigenvalue weighted by molar-refractivity contribution is 5.39. The van der Waals surface area contributed by atoms with Gasteiger partial charge in [-0.25, -0.2) is 4.98 Å². The number of fused-ring (bicyclic) bond motifs is 1. The van der Waals surface area contributed by atoms with Crippen LogP contribution in [0.5, 0.6) is 0 Å². The van der Waals surface area contributed by atoms with Gasteiger partial charge in [-0.05, 0) is 37.1 Å². The van der Waals surface area contributed by atoms with E-state index in [0.29, 0.717) is 0 Å². The molecule has 2 aromatic heterocycles. The quantitative estimate of drug-likeness (QED) is 0.692. The summed E-state index contributed by atoms with van der Waals surface area (Å²) in [5.41, 5.74) is 3.79. The number of benzene rings is 1. The molecule has 0 radical (unpaired) electrons. The van der Waals surface area contributed by atoms with Crippen molar-refractivity contribution in [1.82, 2.24) is 19.2 Å². The Morgan fingerprint density at radius 1 is 0.840 bits per heavy atom. The van der Waals surface area contributed by atoms with E-state index in [2.05, 4.69) is 67.8 Å². The molecule has 25 heavy (non-hydrogen) atoms. The van der Waals surface area contributed by atoms with Crippen LogP contribution in [0.3, 0.4) is 0 Å². The molecule has 1 aliphatic heterocycles. The summed E-state index contributed by atoms with van der Waals surface area (Å²) in [5, 5.41) is 0. The van der Waals surface area contributed by atoms with Crippen molar-refractivity contribution in [2.45, 2.75) is 19.4 Å². The van der Waals surface area contributed by atoms with E-state index in [0.717, 1.165) is 18.6 Å².